The van der Waals surface area contributed by atoms with E-state index in [0.29, 0.717) is 45.7 Å². The molecule has 3 N–H and O–H groups in total. The molecule has 1 amide bonds. The van der Waals surface area contributed by atoms with E-state index in [4.69, 9.17) is 0 Å². The average Bonchev–Trinajstić information content (AvgIpc) is 3.58. The number of ketones is 1. The standard InChI is InChI=1S/C34H35N7O3/c1-4-41-21-30(22(2)38-41)34(44)36-26-7-5-6-23(18-26)32(42)24-8-13-28-29(33(43)37-31(28)19-24)20-35-25-9-11-27(12-10-25)40-16-14-39(3)15-17-40/h5-13,18-21,37,43H,4,14-17H2,1-3H3,(H,36,44). The minimum Gasteiger partial charge on any atom is -0.494 e. The number of hydrogen-bond donors (Lipinski definition) is 3. The predicted octanol–water partition coefficient (Wildman–Crippen LogP) is 5.38. The third-order valence-corrected chi connectivity index (χ3v) is 8.04. The smallest absolute Gasteiger partial charge is 0.259 e. The van der Waals surface area contributed by atoms with Gasteiger partial charge in [-0.2, -0.15) is 5.10 Å². The maximum Gasteiger partial charge on any atom is 0.259 e. The monoisotopic (exact) mass is 589 g/mol. The summed E-state index contributed by atoms with van der Waals surface area (Å²) < 4.78 is 1.71. The Kier molecular flexibility index (Phi) is 7.99. The van der Waals surface area contributed by atoms with Gasteiger partial charge in [-0.1, -0.05) is 24.3 Å². The predicted molar refractivity (Wildman–Crippen MR) is 174 cm³/mol. The summed E-state index contributed by atoms with van der Waals surface area (Å²) in [6.45, 7) is 8.51. The van der Waals surface area contributed by atoms with Crippen molar-refractivity contribution in [1.29, 1.82) is 0 Å². The first kappa shape index (κ1) is 28.9. The minimum absolute atomic E-state index is 0.0196. The number of aromatic amines is 1. The molecule has 1 aliphatic rings. The van der Waals surface area contributed by atoms with Gasteiger partial charge < -0.3 is 25.2 Å². The van der Waals surface area contributed by atoms with Crippen molar-refractivity contribution >= 4 is 45.9 Å². The second-order valence-electron chi connectivity index (χ2n) is 11.1. The van der Waals surface area contributed by atoms with E-state index in [2.05, 4.69) is 49.4 Å². The number of amides is 1. The third-order valence-electron chi connectivity index (χ3n) is 8.04. The van der Waals surface area contributed by atoms with E-state index in [1.54, 1.807) is 66.5 Å². The normalized spacial score (nSPS) is 14.0. The highest BCUT2D eigenvalue weighted by molar-refractivity contribution is 6.13. The lowest BCUT2D eigenvalue weighted by Crippen LogP contribution is -2.44. The van der Waals surface area contributed by atoms with Crippen LogP contribution in [0.15, 0.2) is 77.9 Å². The minimum atomic E-state index is -0.282. The quantitative estimate of drug-likeness (QED) is 0.165. The van der Waals surface area contributed by atoms with Gasteiger partial charge in [0.25, 0.3) is 5.91 Å². The number of carbonyl (C=O) groups excluding carboxylic acids is 2. The van der Waals surface area contributed by atoms with Gasteiger partial charge in [-0.25, -0.2) is 0 Å². The van der Waals surface area contributed by atoms with Crippen molar-refractivity contribution in [2.24, 2.45) is 4.99 Å². The number of fused-ring (bicyclic) bond motifs is 1. The average molecular weight is 590 g/mol. The molecule has 224 valence electrons. The van der Waals surface area contributed by atoms with Crippen LogP contribution in [0, 0.1) is 6.92 Å². The van der Waals surface area contributed by atoms with Crippen LogP contribution in [-0.4, -0.2) is 75.9 Å². The number of likely N-dealkylation sites (N-methyl/N-ethyl adjacent to an activating group) is 1. The van der Waals surface area contributed by atoms with Gasteiger partial charge in [0.2, 0.25) is 0 Å². The first-order valence-electron chi connectivity index (χ1n) is 14.7. The molecule has 44 heavy (non-hydrogen) atoms. The molecule has 3 aromatic carbocycles. The number of aromatic nitrogens is 3. The summed E-state index contributed by atoms with van der Waals surface area (Å²) in [5.74, 6) is -0.508. The number of piperazine rings is 1. The molecule has 10 heteroatoms. The van der Waals surface area contributed by atoms with Gasteiger partial charge in [0.15, 0.2) is 11.7 Å². The molecule has 0 spiro atoms. The Morgan fingerprint density at radius 1 is 1.02 bits per heavy atom. The highest BCUT2D eigenvalue weighted by Crippen LogP contribution is 2.29. The molecule has 0 unspecified atom stereocenters. The highest BCUT2D eigenvalue weighted by Gasteiger charge is 2.17. The fraction of sp³-hybridized carbons (Fsp3) is 0.235. The van der Waals surface area contributed by atoms with Crippen molar-refractivity contribution in [3.05, 3.63) is 101 Å². The zero-order chi connectivity index (χ0) is 30.8. The van der Waals surface area contributed by atoms with Crippen LogP contribution >= 0.6 is 0 Å². The first-order chi connectivity index (χ1) is 21.3. The lowest BCUT2D eigenvalue weighted by molar-refractivity contribution is 0.102. The maximum absolute atomic E-state index is 13.4. The van der Waals surface area contributed by atoms with Crippen molar-refractivity contribution < 1.29 is 14.7 Å². The lowest BCUT2D eigenvalue weighted by Gasteiger charge is -2.34. The number of H-pyrrole nitrogens is 1. The summed E-state index contributed by atoms with van der Waals surface area (Å²) in [5.41, 5.74) is 5.65. The zero-order valence-electron chi connectivity index (χ0n) is 25.0. The van der Waals surface area contributed by atoms with Crippen LogP contribution in [0.5, 0.6) is 5.88 Å². The second kappa shape index (κ2) is 12.2. The van der Waals surface area contributed by atoms with Crippen molar-refractivity contribution in [3.8, 4) is 5.88 Å². The molecule has 2 aromatic heterocycles. The molecule has 0 bridgehead atoms. The van der Waals surface area contributed by atoms with E-state index < -0.39 is 0 Å². The Bertz CT molecular complexity index is 1860. The largest absolute Gasteiger partial charge is 0.494 e. The van der Waals surface area contributed by atoms with Crippen LogP contribution in [0.2, 0.25) is 0 Å². The molecule has 0 atom stereocenters. The van der Waals surface area contributed by atoms with Gasteiger partial charge in [-0.05, 0) is 63.4 Å². The molecule has 0 aliphatic carbocycles. The van der Waals surface area contributed by atoms with Crippen LogP contribution in [-0.2, 0) is 6.54 Å². The molecule has 10 nitrogen and oxygen atoms in total. The number of rotatable bonds is 8. The SMILES string of the molecule is CCn1cc(C(=O)Nc2cccc(C(=O)c3ccc4c(C=Nc5ccc(N6CCN(C)CC6)cc5)c(O)[nH]c4c3)c2)c(C)n1. The number of aromatic hydroxyl groups is 1. The van der Waals surface area contributed by atoms with Crippen molar-refractivity contribution in [2.75, 3.05) is 43.4 Å². The van der Waals surface area contributed by atoms with Gasteiger partial charge in [0, 0.05) is 78.5 Å². The summed E-state index contributed by atoms with van der Waals surface area (Å²) >= 11 is 0. The Morgan fingerprint density at radius 3 is 2.50 bits per heavy atom. The maximum atomic E-state index is 13.4. The van der Waals surface area contributed by atoms with Crippen LogP contribution < -0.4 is 10.2 Å². The van der Waals surface area contributed by atoms with E-state index in [9.17, 15) is 14.7 Å². The van der Waals surface area contributed by atoms with Crippen LogP contribution in [0.25, 0.3) is 10.9 Å². The van der Waals surface area contributed by atoms with Gasteiger partial charge in [-0.15, -0.1) is 0 Å². The molecule has 6 rings (SSSR count). The number of carbonyl (C=O) groups is 2. The molecule has 0 saturated carbocycles. The van der Waals surface area contributed by atoms with Gasteiger partial charge in [0.05, 0.1) is 22.5 Å². The van der Waals surface area contributed by atoms with Gasteiger partial charge in [-0.3, -0.25) is 19.3 Å². The number of aryl methyl sites for hydroxylation is 2. The fourth-order valence-corrected chi connectivity index (χ4v) is 5.44. The molecule has 1 saturated heterocycles. The summed E-state index contributed by atoms with van der Waals surface area (Å²) in [6.07, 6.45) is 3.35. The molecular weight excluding hydrogens is 554 g/mol. The van der Waals surface area contributed by atoms with Crippen molar-refractivity contribution in [2.45, 2.75) is 20.4 Å². The molecule has 1 aliphatic heterocycles. The van der Waals surface area contributed by atoms with Crippen LogP contribution in [0.1, 0.15) is 44.5 Å². The number of benzene rings is 3. The fourth-order valence-electron chi connectivity index (χ4n) is 5.44. The zero-order valence-corrected chi connectivity index (χ0v) is 25.0. The highest BCUT2D eigenvalue weighted by atomic mass is 16.3. The van der Waals surface area contributed by atoms with Gasteiger partial charge in [0.1, 0.15) is 0 Å². The lowest BCUT2D eigenvalue weighted by atomic mass is 10.0. The number of nitrogens with zero attached hydrogens (tertiary/aromatic N) is 5. The first-order valence-corrected chi connectivity index (χ1v) is 14.7. The van der Waals surface area contributed by atoms with E-state index in [-0.39, 0.29) is 17.6 Å². The number of hydrogen-bond acceptors (Lipinski definition) is 7. The number of aliphatic imine (C=N–C) groups is 1. The van der Waals surface area contributed by atoms with Crippen LogP contribution in [0.4, 0.5) is 17.1 Å². The van der Waals surface area contributed by atoms with E-state index in [0.717, 1.165) is 37.3 Å². The summed E-state index contributed by atoms with van der Waals surface area (Å²) in [5, 5.41) is 18.6. The van der Waals surface area contributed by atoms with E-state index in [1.165, 1.54) is 5.69 Å². The summed E-state index contributed by atoms with van der Waals surface area (Å²) in [7, 11) is 2.14. The number of nitrogens with one attached hydrogen (secondary N) is 2. The third kappa shape index (κ3) is 5.97. The Morgan fingerprint density at radius 2 is 1.77 bits per heavy atom. The molecule has 1 fully saturated rings. The molecule has 0 radical (unpaired) electrons. The topological polar surface area (TPSA) is 119 Å². The second-order valence-corrected chi connectivity index (χ2v) is 11.1. The molecule has 5 aromatic rings. The van der Waals surface area contributed by atoms with E-state index >= 15 is 0 Å². The van der Waals surface area contributed by atoms with Gasteiger partial charge >= 0.3 is 0 Å². The Balaban J connectivity index is 1.17. The Labute approximate surface area is 255 Å². The summed E-state index contributed by atoms with van der Waals surface area (Å²) in [6, 6.07) is 20.2. The van der Waals surface area contributed by atoms with E-state index in [1.807, 2.05) is 19.1 Å². The Hall–Kier alpha value is -5.22. The summed E-state index contributed by atoms with van der Waals surface area (Å²) in [4.78, 5) is 38.5. The van der Waals surface area contributed by atoms with Crippen molar-refractivity contribution in [3.63, 3.8) is 0 Å². The molecular formula is C34H35N7O3. The molecule has 3 heterocycles. The van der Waals surface area contributed by atoms with Crippen LogP contribution in [0.3, 0.4) is 0 Å². The number of anilines is 2. The van der Waals surface area contributed by atoms with Crippen molar-refractivity contribution in [1.82, 2.24) is 19.7 Å².